The first kappa shape index (κ1) is 20.9. The van der Waals surface area contributed by atoms with E-state index in [1.54, 1.807) is 24.3 Å². The van der Waals surface area contributed by atoms with Crippen LogP contribution in [-0.2, 0) is 14.9 Å². The highest BCUT2D eigenvalue weighted by Gasteiger charge is 2.31. The van der Waals surface area contributed by atoms with Crippen molar-refractivity contribution in [2.45, 2.75) is 12.3 Å². The standard InChI is InChI=1S/C24H22O6/c1-24(17-7-5-4-6-8-17,18-9-13-20(14-10-18)29-22(25)27-2)19-11-15-21(16-12-19)30-23(26)28-3/h4-16H,1-3H3. The molecule has 3 rings (SSSR count). The van der Waals surface area contributed by atoms with Crippen molar-refractivity contribution in [1.29, 1.82) is 0 Å². The van der Waals surface area contributed by atoms with Gasteiger partial charge >= 0.3 is 12.3 Å². The van der Waals surface area contributed by atoms with E-state index in [0.717, 1.165) is 16.7 Å². The van der Waals surface area contributed by atoms with E-state index in [9.17, 15) is 9.59 Å². The van der Waals surface area contributed by atoms with Gasteiger partial charge in [0, 0.05) is 5.41 Å². The molecule has 0 aromatic heterocycles. The summed E-state index contributed by atoms with van der Waals surface area (Å²) in [6.45, 7) is 2.11. The second kappa shape index (κ2) is 9.13. The van der Waals surface area contributed by atoms with Crippen molar-refractivity contribution in [2.75, 3.05) is 14.2 Å². The molecule has 154 valence electrons. The summed E-state index contributed by atoms with van der Waals surface area (Å²) in [7, 11) is 2.52. The van der Waals surface area contributed by atoms with Gasteiger partial charge in [0.05, 0.1) is 14.2 Å². The van der Waals surface area contributed by atoms with Gasteiger partial charge in [-0.05, 0) is 47.9 Å². The van der Waals surface area contributed by atoms with Crippen LogP contribution in [0.15, 0.2) is 78.9 Å². The molecule has 0 unspecified atom stereocenters. The number of ether oxygens (including phenoxy) is 4. The molecule has 6 nitrogen and oxygen atoms in total. The first-order valence-corrected chi connectivity index (χ1v) is 9.25. The molecule has 0 amide bonds. The zero-order valence-corrected chi connectivity index (χ0v) is 17.0. The van der Waals surface area contributed by atoms with Gasteiger partial charge in [-0.25, -0.2) is 9.59 Å². The van der Waals surface area contributed by atoms with Gasteiger partial charge in [-0.15, -0.1) is 0 Å². The number of carbonyl (C=O) groups excluding carboxylic acids is 2. The van der Waals surface area contributed by atoms with Gasteiger partial charge in [-0.1, -0.05) is 54.6 Å². The van der Waals surface area contributed by atoms with Crippen LogP contribution in [-0.4, -0.2) is 26.5 Å². The Hall–Kier alpha value is -3.80. The Morgan fingerprint density at radius 2 is 0.967 bits per heavy atom. The highest BCUT2D eigenvalue weighted by atomic mass is 16.7. The maximum atomic E-state index is 11.3. The molecule has 0 radical (unpaired) electrons. The molecule has 0 saturated carbocycles. The van der Waals surface area contributed by atoms with E-state index >= 15 is 0 Å². The number of hydrogen-bond donors (Lipinski definition) is 0. The van der Waals surface area contributed by atoms with Crippen LogP contribution in [0.1, 0.15) is 23.6 Å². The molecule has 6 heteroatoms. The lowest BCUT2D eigenvalue weighted by molar-refractivity contribution is 0.120. The molecule has 0 aliphatic heterocycles. The van der Waals surface area contributed by atoms with E-state index in [1.807, 2.05) is 42.5 Å². The monoisotopic (exact) mass is 406 g/mol. The molecular weight excluding hydrogens is 384 g/mol. The van der Waals surface area contributed by atoms with Crippen LogP contribution in [0.5, 0.6) is 11.5 Å². The molecule has 3 aromatic carbocycles. The number of carbonyl (C=O) groups is 2. The van der Waals surface area contributed by atoms with Crippen LogP contribution in [0.3, 0.4) is 0 Å². The van der Waals surface area contributed by atoms with Crippen LogP contribution in [0, 0.1) is 0 Å². The molecule has 0 atom stereocenters. The van der Waals surface area contributed by atoms with E-state index in [-0.39, 0.29) is 0 Å². The molecule has 0 fully saturated rings. The molecule has 3 aromatic rings. The summed E-state index contributed by atoms with van der Waals surface area (Å²) in [5.41, 5.74) is 2.56. The zero-order chi connectivity index (χ0) is 21.6. The normalized spacial score (nSPS) is 10.8. The van der Waals surface area contributed by atoms with Gasteiger partial charge in [-0.2, -0.15) is 0 Å². The molecule has 0 aliphatic carbocycles. The fraction of sp³-hybridized carbons (Fsp3) is 0.167. The molecule has 0 bridgehead atoms. The third-order valence-corrected chi connectivity index (χ3v) is 4.95. The second-order valence-electron chi connectivity index (χ2n) is 6.65. The topological polar surface area (TPSA) is 71.1 Å². The predicted molar refractivity (Wildman–Crippen MR) is 111 cm³/mol. The van der Waals surface area contributed by atoms with Crippen LogP contribution < -0.4 is 9.47 Å². The van der Waals surface area contributed by atoms with Crippen molar-refractivity contribution >= 4 is 12.3 Å². The molecule has 30 heavy (non-hydrogen) atoms. The predicted octanol–water partition coefficient (Wildman–Crippen LogP) is 5.33. The summed E-state index contributed by atoms with van der Waals surface area (Å²) < 4.78 is 19.2. The zero-order valence-electron chi connectivity index (χ0n) is 17.0. The third-order valence-electron chi connectivity index (χ3n) is 4.95. The number of benzene rings is 3. The maximum absolute atomic E-state index is 11.3. The first-order valence-electron chi connectivity index (χ1n) is 9.25. The Balaban J connectivity index is 2.00. The summed E-state index contributed by atoms with van der Waals surface area (Å²) >= 11 is 0. The SMILES string of the molecule is COC(=O)Oc1ccc(C(C)(c2ccccc2)c2ccc(OC(=O)OC)cc2)cc1. The average molecular weight is 406 g/mol. The Bertz CT molecular complexity index is 933. The quantitative estimate of drug-likeness (QED) is 0.324. The number of hydrogen-bond acceptors (Lipinski definition) is 6. The molecule has 0 N–H and O–H groups in total. The summed E-state index contributed by atoms with van der Waals surface area (Å²) in [5.74, 6) is 0.783. The van der Waals surface area contributed by atoms with Crippen molar-refractivity contribution in [1.82, 2.24) is 0 Å². The largest absolute Gasteiger partial charge is 0.513 e. The van der Waals surface area contributed by atoms with E-state index in [2.05, 4.69) is 28.5 Å². The lowest BCUT2D eigenvalue weighted by Crippen LogP contribution is -2.25. The Labute approximate surface area is 175 Å². The molecular formula is C24H22O6. The molecule has 0 heterocycles. The van der Waals surface area contributed by atoms with Crippen molar-refractivity contribution in [3.63, 3.8) is 0 Å². The number of rotatable bonds is 5. The summed E-state index contributed by atoms with van der Waals surface area (Å²) in [4.78, 5) is 22.7. The van der Waals surface area contributed by atoms with E-state index < -0.39 is 17.7 Å². The maximum Gasteiger partial charge on any atom is 0.513 e. The minimum Gasteiger partial charge on any atom is -0.437 e. The van der Waals surface area contributed by atoms with Gasteiger partial charge < -0.3 is 18.9 Å². The lowest BCUT2D eigenvalue weighted by atomic mass is 9.71. The Kier molecular flexibility index (Phi) is 6.37. The minimum absolute atomic E-state index is 0.392. The van der Waals surface area contributed by atoms with Gasteiger partial charge in [0.15, 0.2) is 0 Å². The third kappa shape index (κ3) is 4.43. The first-order chi connectivity index (χ1) is 14.5. The van der Waals surface area contributed by atoms with Gasteiger partial charge in [0.1, 0.15) is 11.5 Å². The number of methoxy groups -OCH3 is 2. The highest BCUT2D eigenvalue weighted by Crippen LogP contribution is 2.39. The van der Waals surface area contributed by atoms with Crippen molar-refractivity contribution < 1.29 is 28.5 Å². The molecule has 0 aliphatic rings. The summed E-state index contributed by atoms with van der Waals surface area (Å²) in [6.07, 6.45) is -1.54. The van der Waals surface area contributed by atoms with E-state index in [4.69, 9.17) is 9.47 Å². The Morgan fingerprint density at radius 1 is 0.600 bits per heavy atom. The fourth-order valence-electron chi connectivity index (χ4n) is 3.26. The van der Waals surface area contributed by atoms with Crippen molar-refractivity contribution in [2.24, 2.45) is 0 Å². The fourth-order valence-corrected chi connectivity index (χ4v) is 3.26. The smallest absolute Gasteiger partial charge is 0.437 e. The van der Waals surface area contributed by atoms with Gasteiger partial charge in [0.25, 0.3) is 0 Å². The van der Waals surface area contributed by atoms with Crippen LogP contribution in [0.4, 0.5) is 9.59 Å². The van der Waals surface area contributed by atoms with Crippen molar-refractivity contribution in [3.8, 4) is 11.5 Å². The van der Waals surface area contributed by atoms with Gasteiger partial charge in [0.2, 0.25) is 0 Å². The summed E-state index contributed by atoms with van der Waals surface area (Å²) in [5, 5.41) is 0. The van der Waals surface area contributed by atoms with Crippen molar-refractivity contribution in [3.05, 3.63) is 95.6 Å². The van der Waals surface area contributed by atoms with E-state index in [1.165, 1.54) is 14.2 Å². The molecule has 0 saturated heterocycles. The average Bonchev–Trinajstić information content (AvgIpc) is 2.80. The highest BCUT2D eigenvalue weighted by molar-refractivity contribution is 5.64. The summed E-state index contributed by atoms with van der Waals surface area (Å²) in [6, 6.07) is 24.6. The van der Waals surface area contributed by atoms with Gasteiger partial charge in [-0.3, -0.25) is 0 Å². The second-order valence-corrected chi connectivity index (χ2v) is 6.65. The van der Waals surface area contributed by atoms with Crippen LogP contribution in [0.25, 0.3) is 0 Å². The van der Waals surface area contributed by atoms with E-state index in [0.29, 0.717) is 11.5 Å². The Morgan fingerprint density at radius 3 is 1.33 bits per heavy atom. The van der Waals surface area contributed by atoms with Crippen LogP contribution >= 0.6 is 0 Å². The lowest BCUT2D eigenvalue weighted by Gasteiger charge is -2.32. The molecule has 0 spiro atoms. The minimum atomic E-state index is -0.769. The van der Waals surface area contributed by atoms with Crippen LogP contribution in [0.2, 0.25) is 0 Å².